The molecule has 0 aromatic heterocycles. The van der Waals surface area contributed by atoms with Crippen LogP contribution < -0.4 is 5.32 Å². The molecule has 5 heteroatoms. The van der Waals surface area contributed by atoms with Crippen LogP contribution in [0.1, 0.15) is 32.6 Å². The highest BCUT2D eigenvalue weighted by Gasteiger charge is 2.19. The maximum atomic E-state index is 9.77. The molecule has 0 spiro atoms. The fourth-order valence-corrected chi connectivity index (χ4v) is 2.28. The highest BCUT2D eigenvalue weighted by Crippen LogP contribution is 2.25. The van der Waals surface area contributed by atoms with Crippen LogP contribution in [0, 0.1) is 5.92 Å². The Morgan fingerprint density at radius 1 is 1.21 bits per heavy atom. The Bertz CT molecular complexity index is 208. The van der Waals surface area contributed by atoms with Gasteiger partial charge in [0.15, 0.2) is 0 Å². The minimum atomic E-state index is -0.461. The summed E-state index contributed by atoms with van der Waals surface area (Å²) in [5.74, 6) is 0.824. The first-order valence-electron chi connectivity index (χ1n) is 7.41. The number of ether oxygens (including phenoxy) is 2. The van der Waals surface area contributed by atoms with E-state index in [1.165, 1.54) is 12.8 Å². The molecule has 5 nitrogen and oxygen atoms in total. The van der Waals surface area contributed by atoms with Crippen LogP contribution >= 0.6 is 0 Å². The summed E-state index contributed by atoms with van der Waals surface area (Å²) in [5.41, 5.74) is 0. The summed E-state index contributed by atoms with van der Waals surface area (Å²) >= 11 is 0. The minimum Gasteiger partial charge on any atom is -0.394 e. The average Bonchev–Trinajstić information content (AvgIpc) is 2.42. The molecule has 1 fully saturated rings. The molecule has 0 aromatic carbocycles. The highest BCUT2D eigenvalue weighted by atomic mass is 16.5. The van der Waals surface area contributed by atoms with Crippen molar-refractivity contribution in [1.82, 2.24) is 5.32 Å². The van der Waals surface area contributed by atoms with E-state index in [4.69, 9.17) is 14.6 Å². The second kappa shape index (κ2) is 10.6. The summed E-state index contributed by atoms with van der Waals surface area (Å²) in [6, 6.07) is 0. The van der Waals surface area contributed by atoms with E-state index in [9.17, 15) is 5.11 Å². The normalized spacial score (nSPS) is 25.4. The Morgan fingerprint density at radius 2 is 1.95 bits per heavy atom. The summed E-state index contributed by atoms with van der Waals surface area (Å²) in [6.45, 7) is 4.86. The lowest BCUT2D eigenvalue weighted by Gasteiger charge is -2.27. The van der Waals surface area contributed by atoms with Gasteiger partial charge in [0, 0.05) is 13.1 Å². The lowest BCUT2D eigenvalue weighted by atomic mass is 9.89. The molecule has 114 valence electrons. The van der Waals surface area contributed by atoms with Crippen molar-refractivity contribution in [3.05, 3.63) is 0 Å². The summed E-state index contributed by atoms with van der Waals surface area (Å²) in [6.07, 6.45) is 4.59. The number of aliphatic hydroxyl groups is 2. The van der Waals surface area contributed by atoms with Gasteiger partial charge >= 0.3 is 0 Å². The summed E-state index contributed by atoms with van der Waals surface area (Å²) in [5, 5.41) is 21.4. The summed E-state index contributed by atoms with van der Waals surface area (Å²) in [4.78, 5) is 0. The quantitative estimate of drug-likeness (QED) is 0.508. The fraction of sp³-hybridized carbons (Fsp3) is 1.00. The minimum absolute atomic E-state index is 0.0521. The monoisotopic (exact) mass is 275 g/mol. The van der Waals surface area contributed by atoms with Gasteiger partial charge in [-0.05, 0) is 31.6 Å². The zero-order chi connectivity index (χ0) is 13.9. The van der Waals surface area contributed by atoms with Gasteiger partial charge in [0.1, 0.15) is 0 Å². The predicted octanol–water partition coefficient (Wildman–Crippen LogP) is 0.541. The molecule has 0 saturated heterocycles. The van der Waals surface area contributed by atoms with Crippen molar-refractivity contribution >= 4 is 0 Å². The van der Waals surface area contributed by atoms with Crippen LogP contribution in [0.25, 0.3) is 0 Å². The molecule has 1 unspecified atom stereocenters. The van der Waals surface area contributed by atoms with Crippen LogP contribution in [0.3, 0.4) is 0 Å². The lowest BCUT2D eigenvalue weighted by Crippen LogP contribution is -2.34. The van der Waals surface area contributed by atoms with Crippen LogP contribution in [-0.4, -0.2) is 61.9 Å². The van der Waals surface area contributed by atoms with Crippen molar-refractivity contribution in [2.75, 3.05) is 39.5 Å². The zero-order valence-electron chi connectivity index (χ0n) is 12.0. The van der Waals surface area contributed by atoms with Gasteiger partial charge in [-0.25, -0.2) is 0 Å². The van der Waals surface area contributed by atoms with Crippen molar-refractivity contribution in [3.63, 3.8) is 0 Å². The van der Waals surface area contributed by atoms with Crippen LogP contribution in [-0.2, 0) is 9.47 Å². The van der Waals surface area contributed by atoms with E-state index in [2.05, 4.69) is 12.2 Å². The third-order valence-corrected chi connectivity index (χ3v) is 3.53. The van der Waals surface area contributed by atoms with Crippen LogP contribution in [0.4, 0.5) is 0 Å². The Balaban J connectivity index is 1.91. The van der Waals surface area contributed by atoms with Gasteiger partial charge in [-0.15, -0.1) is 0 Å². The molecule has 0 amide bonds. The van der Waals surface area contributed by atoms with Crippen molar-refractivity contribution < 1.29 is 19.7 Å². The van der Waals surface area contributed by atoms with Crippen LogP contribution in [0.2, 0.25) is 0 Å². The molecule has 1 aliphatic carbocycles. The Morgan fingerprint density at radius 3 is 2.63 bits per heavy atom. The van der Waals surface area contributed by atoms with Gasteiger partial charge < -0.3 is 25.0 Å². The zero-order valence-corrected chi connectivity index (χ0v) is 12.0. The maximum absolute atomic E-state index is 9.77. The molecule has 19 heavy (non-hydrogen) atoms. The molecule has 0 aliphatic heterocycles. The van der Waals surface area contributed by atoms with Gasteiger partial charge in [-0.1, -0.05) is 6.92 Å². The molecular weight excluding hydrogens is 246 g/mol. The number of nitrogens with one attached hydrogen (secondary N) is 1. The third-order valence-electron chi connectivity index (χ3n) is 3.53. The predicted molar refractivity (Wildman–Crippen MR) is 74.2 cm³/mol. The largest absolute Gasteiger partial charge is 0.394 e. The maximum Gasteiger partial charge on any atom is 0.0897 e. The topological polar surface area (TPSA) is 71.0 Å². The highest BCUT2D eigenvalue weighted by molar-refractivity contribution is 4.70. The third kappa shape index (κ3) is 8.55. The van der Waals surface area contributed by atoms with Gasteiger partial charge in [0.05, 0.1) is 38.6 Å². The second-order valence-corrected chi connectivity index (χ2v) is 5.41. The van der Waals surface area contributed by atoms with Gasteiger partial charge in [0.2, 0.25) is 0 Å². The van der Waals surface area contributed by atoms with Gasteiger partial charge in [0.25, 0.3) is 0 Å². The molecule has 1 aliphatic rings. The molecule has 0 aromatic rings. The van der Waals surface area contributed by atoms with Gasteiger partial charge in [-0.3, -0.25) is 0 Å². The van der Waals surface area contributed by atoms with Crippen LogP contribution in [0.5, 0.6) is 0 Å². The van der Waals surface area contributed by atoms with E-state index >= 15 is 0 Å². The number of rotatable bonds is 10. The van der Waals surface area contributed by atoms with E-state index in [0.29, 0.717) is 39.0 Å². The smallest absolute Gasteiger partial charge is 0.0897 e. The molecule has 1 rings (SSSR count). The molecular formula is C14H29NO4. The standard InChI is InChI=1S/C14H29NO4/c1-12-2-4-14(5-3-12)19-11-13(17)10-15-6-8-18-9-7-16/h12-17H,2-11H2,1H3. The Labute approximate surface area is 116 Å². The fourth-order valence-electron chi connectivity index (χ4n) is 2.28. The molecule has 1 saturated carbocycles. The van der Waals surface area contributed by atoms with Crippen molar-refractivity contribution in [2.24, 2.45) is 5.92 Å². The molecule has 0 heterocycles. The number of aliphatic hydroxyl groups excluding tert-OH is 2. The number of hydrogen-bond donors (Lipinski definition) is 3. The van der Waals surface area contributed by atoms with Gasteiger partial charge in [-0.2, -0.15) is 0 Å². The van der Waals surface area contributed by atoms with Crippen molar-refractivity contribution in [3.8, 4) is 0 Å². The lowest BCUT2D eigenvalue weighted by molar-refractivity contribution is -0.0281. The van der Waals surface area contributed by atoms with E-state index in [1.54, 1.807) is 0 Å². The van der Waals surface area contributed by atoms with E-state index in [1.807, 2.05) is 0 Å². The van der Waals surface area contributed by atoms with E-state index in [0.717, 1.165) is 18.8 Å². The van der Waals surface area contributed by atoms with Crippen LogP contribution in [0.15, 0.2) is 0 Å². The molecule has 0 radical (unpaired) electrons. The number of hydrogen-bond acceptors (Lipinski definition) is 5. The first-order chi connectivity index (χ1) is 9.22. The van der Waals surface area contributed by atoms with Crippen molar-refractivity contribution in [2.45, 2.75) is 44.8 Å². The Kier molecular flexibility index (Phi) is 9.38. The molecule has 0 bridgehead atoms. The summed E-state index contributed by atoms with van der Waals surface area (Å²) < 4.78 is 10.8. The Hall–Kier alpha value is -0.200. The average molecular weight is 275 g/mol. The van der Waals surface area contributed by atoms with Crippen molar-refractivity contribution in [1.29, 1.82) is 0 Å². The first-order valence-corrected chi connectivity index (χ1v) is 7.41. The molecule has 1 atom stereocenters. The second-order valence-electron chi connectivity index (χ2n) is 5.41. The summed E-state index contributed by atoms with van der Waals surface area (Å²) in [7, 11) is 0. The molecule has 3 N–H and O–H groups in total. The SMILES string of the molecule is CC1CCC(OCC(O)CNCCOCCO)CC1. The van der Waals surface area contributed by atoms with E-state index < -0.39 is 6.10 Å². The first kappa shape index (κ1) is 16.9. The van der Waals surface area contributed by atoms with E-state index in [-0.39, 0.29) is 6.61 Å².